The van der Waals surface area contributed by atoms with Crippen molar-refractivity contribution < 1.29 is 14.3 Å². The number of nitrogens with zero attached hydrogens (tertiary/aromatic N) is 3. The number of aromatic nitrogens is 1. The van der Waals surface area contributed by atoms with Crippen molar-refractivity contribution in [1.29, 1.82) is 0 Å². The molecule has 2 amide bonds. The zero-order chi connectivity index (χ0) is 20.9. The Labute approximate surface area is 173 Å². The number of methoxy groups -OCH3 is 1. The van der Waals surface area contributed by atoms with Gasteiger partial charge in [0.1, 0.15) is 12.3 Å². The maximum atomic E-state index is 13.6. The lowest BCUT2D eigenvalue weighted by Gasteiger charge is -2.48. The van der Waals surface area contributed by atoms with Crippen LogP contribution in [0.3, 0.4) is 0 Å². The third-order valence-electron chi connectivity index (χ3n) is 6.10. The Hall–Kier alpha value is -3.61. The predicted molar refractivity (Wildman–Crippen MR) is 113 cm³/mol. The lowest BCUT2D eigenvalue weighted by Crippen LogP contribution is -2.65. The summed E-state index contributed by atoms with van der Waals surface area (Å²) < 4.78 is 5.23. The van der Waals surface area contributed by atoms with Crippen LogP contribution in [0, 0.1) is 0 Å². The van der Waals surface area contributed by atoms with E-state index in [1.807, 2.05) is 49.4 Å². The van der Waals surface area contributed by atoms with E-state index in [9.17, 15) is 9.59 Å². The fraction of sp³-hybridized carbons (Fsp3) is 0.261. The lowest BCUT2D eigenvalue weighted by molar-refractivity contribution is -0.165. The van der Waals surface area contributed by atoms with E-state index < -0.39 is 5.54 Å². The summed E-state index contributed by atoms with van der Waals surface area (Å²) in [6.45, 7) is 2.27. The number of ether oxygens (including phenoxy) is 1. The highest BCUT2D eigenvalue weighted by Crippen LogP contribution is 2.41. The Morgan fingerprint density at radius 2 is 2.00 bits per heavy atom. The van der Waals surface area contributed by atoms with E-state index in [1.54, 1.807) is 18.2 Å². The van der Waals surface area contributed by atoms with Crippen LogP contribution < -0.4 is 4.74 Å². The van der Waals surface area contributed by atoms with Crippen LogP contribution in [-0.4, -0.2) is 53.1 Å². The molecule has 30 heavy (non-hydrogen) atoms. The Bertz CT molecular complexity index is 1200. The second-order valence-electron chi connectivity index (χ2n) is 7.78. The summed E-state index contributed by atoms with van der Waals surface area (Å²) in [5.74, 6) is 0.381. The Balaban J connectivity index is 1.54. The summed E-state index contributed by atoms with van der Waals surface area (Å²) in [6, 6.07) is 15.4. The van der Waals surface area contributed by atoms with Crippen molar-refractivity contribution in [3.8, 4) is 5.75 Å². The molecule has 3 aromatic rings. The highest BCUT2D eigenvalue weighted by atomic mass is 16.5. The molecule has 0 bridgehead atoms. The van der Waals surface area contributed by atoms with Crippen LogP contribution in [0.2, 0.25) is 0 Å². The summed E-state index contributed by atoms with van der Waals surface area (Å²) >= 11 is 0. The van der Waals surface area contributed by atoms with Gasteiger partial charge in [-0.3, -0.25) is 9.59 Å². The Kier molecular flexibility index (Phi) is 4.13. The summed E-state index contributed by atoms with van der Waals surface area (Å²) in [4.78, 5) is 31.6. The molecule has 2 aliphatic rings. The number of aromatic amines is 1. The normalized spacial score (nSPS) is 21.3. The van der Waals surface area contributed by atoms with Crippen LogP contribution in [0.1, 0.15) is 23.7 Å². The molecule has 1 aromatic heterocycles. The van der Waals surface area contributed by atoms with Crippen molar-refractivity contribution in [3.63, 3.8) is 0 Å². The van der Waals surface area contributed by atoms with Gasteiger partial charge in [-0.25, -0.2) is 5.01 Å². The molecule has 2 aromatic carbocycles. The molecular weight excluding hydrogens is 380 g/mol. The van der Waals surface area contributed by atoms with Crippen LogP contribution in [-0.2, 0) is 21.5 Å². The minimum absolute atomic E-state index is 0.0650. The molecule has 5 rings (SSSR count). The second kappa shape index (κ2) is 6.73. The van der Waals surface area contributed by atoms with Crippen molar-refractivity contribution in [3.05, 3.63) is 65.4 Å². The van der Waals surface area contributed by atoms with E-state index >= 15 is 0 Å². The standard InChI is InChI=1S/C23H22N4O3/c1-23-21-18(17-8-3-4-9-19(17)25-21)10-11-26(23)20(28)14-27(22(23)29)24-13-15-6-5-7-16(12-15)30-2/h3-9,12-13,25H,10-11,14H2,1-2H3/b24-13-/t23-/m0/s1. The molecule has 1 N–H and O–H groups in total. The smallest absolute Gasteiger partial charge is 0.275 e. The van der Waals surface area contributed by atoms with E-state index in [4.69, 9.17) is 4.74 Å². The van der Waals surface area contributed by atoms with Crippen LogP contribution in [0.5, 0.6) is 5.75 Å². The quantitative estimate of drug-likeness (QED) is 0.684. The number of para-hydroxylation sites is 1. The molecule has 1 fully saturated rings. The van der Waals surface area contributed by atoms with Crippen LogP contribution in [0.4, 0.5) is 0 Å². The van der Waals surface area contributed by atoms with Crippen LogP contribution in [0.25, 0.3) is 10.9 Å². The van der Waals surface area contributed by atoms with E-state index in [1.165, 1.54) is 5.01 Å². The SMILES string of the molecule is COc1cccc(/C=N\N2CC(=O)N3CCc4c([nH]c5ccccc45)[C@@]3(C)C2=O)c1. The first kappa shape index (κ1) is 18.4. The molecule has 0 unspecified atom stereocenters. The number of benzene rings is 2. The van der Waals surface area contributed by atoms with Gasteiger partial charge in [0.15, 0.2) is 5.54 Å². The number of carbonyl (C=O) groups excluding carboxylic acids is 2. The lowest BCUT2D eigenvalue weighted by atomic mass is 9.83. The number of amides is 2. The highest BCUT2D eigenvalue weighted by Gasteiger charge is 2.54. The molecule has 1 atom stereocenters. The number of carbonyl (C=O) groups is 2. The molecular formula is C23H22N4O3. The van der Waals surface area contributed by atoms with Crippen molar-refractivity contribution in [2.45, 2.75) is 18.9 Å². The number of fused-ring (bicyclic) bond motifs is 5. The number of hydrogen-bond donors (Lipinski definition) is 1. The van der Waals surface area contributed by atoms with E-state index in [2.05, 4.69) is 16.2 Å². The molecule has 2 aliphatic heterocycles. The van der Waals surface area contributed by atoms with Gasteiger partial charge >= 0.3 is 0 Å². The van der Waals surface area contributed by atoms with Gasteiger partial charge in [0.2, 0.25) is 5.91 Å². The number of hydrazone groups is 1. The van der Waals surface area contributed by atoms with Gasteiger partial charge in [0.25, 0.3) is 5.91 Å². The number of hydrogen-bond acceptors (Lipinski definition) is 4. The summed E-state index contributed by atoms with van der Waals surface area (Å²) in [7, 11) is 1.60. The molecule has 1 saturated heterocycles. The predicted octanol–water partition coefficient (Wildman–Crippen LogP) is 2.65. The molecule has 0 saturated carbocycles. The molecule has 0 radical (unpaired) electrons. The third-order valence-corrected chi connectivity index (χ3v) is 6.10. The number of piperazine rings is 1. The summed E-state index contributed by atoms with van der Waals surface area (Å²) in [5.41, 5.74) is 2.55. The van der Waals surface area contributed by atoms with Gasteiger partial charge < -0.3 is 14.6 Å². The molecule has 7 nitrogen and oxygen atoms in total. The number of nitrogens with one attached hydrogen (secondary N) is 1. The van der Waals surface area contributed by atoms with Crippen LogP contribution in [0.15, 0.2) is 53.6 Å². The zero-order valence-corrected chi connectivity index (χ0v) is 16.9. The monoisotopic (exact) mass is 402 g/mol. The fourth-order valence-electron chi connectivity index (χ4n) is 4.54. The van der Waals surface area contributed by atoms with Crippen LogP contribution >= 0.6 is 0 Å². The average Bonchev–Trinajstić information content (AvgIpc) is 3.16. The van der Waals surface area contributed by atoms with Gasteiger partial charge in [-0.1, -0.05) is 30.3 Å². The molecule has 152 valence electrons. The molecule has 0 spiro atoms. The summed E-state index contributed by atoms with van der Waals surface area (Å²) in [6.07, 6.45) is 2.31. The van der Waals surface area contributed by atoms with Gasteiger partial charge in [0.05, 0.1) is 19.0 Å². The Morgan fingerprint density at radius 1 is 1.17 bits per heavy atom. The third kappa shape index (κ3) is 2.62. The van der Waals surface area contributed by atoms with E-state index in [0.717, 1.165) is 34.1 Å². The van der Waals surface area contributed by atoms with E-state index in [-0.39, 0.29) is 18.4 Å². The minimum Gasteiger partial charge on any atom is -0.497 e. The molecule has 0 aliphatic carbocycles. The fourth-order valence-corrected chi connectivity index (χ4v) is 4.54. The van der Waals surface area contributed by atoms with Gasteiger partial charge in [-0.15, -0.1) is 0 Å². The first-order valence-electron chi connectivity index (χ1n) is 9.93. The topological polar surface area (TPSA) is 78.0 Å². The van der Waals surface area contributed by atoms with Crippen molar-refractivity contribution >= 4 is 28.9 Å². The largest absolute Gasteiger partial charge is 0.497 e. The van der Waals surface area contributed by atoms with Gasteiger partial charge in [-0.05, 0) is 42.7 Å². The zero-order valence-electron chi connectivity index (χ0n) is 16.9. The number of H-pyrrole nitrogens is 1. The Morgan fingerprint density at radius 3 is 2.83 bits per heavy atom. The van der Waals surface area contributed by atoms with E-state index in [0.29, 0.717) is 12.3 Å². The van der Waals surface area contributed by atoms with Crippen molar-refractivity contribution in [1.82, 2.24) is 14.9 Å². The average molecular weight is 402 g/mol. The summed E-state index contributed by atoms with van der Waals surface area (Å²) in [5, 5.41) is 6.74. The maximum Gasteiger partial charge on any atom is 0.275 e. The van der Waals surface area contributed by atoms with Gasteiger partial charge in [0, 0.05) is 17.4 Å². The second-order valence-corrected chi connectivity index (χ2v) is 7.78. The number of rotatable bonds is 3. The molecule has 3 heterocycles. The van der Waals surface area contributed by atoms with Crippen molar-refractivity contribution in [2.75, 3.05) is 20.2 Å². The highest BCUT2D eigenvalue weighted by molar-refractivity contribution is 6.01. The first-order chi connectivity index (χ1) is 14.5. The minimum atomic E-state index is -1.10. The maximum absolute atomic E-state index is 13.6. The molecule has 7 heteroatoms. The first-order valence-corrected chi connectivity index (χ1v) is 9.93. The van der Waals surface area contributed by atoms with Crippen molar-refractivity contribution in [2.24, 2.45) is 5.10 Å². The van der Waals surface area contributed by atoms with Gasteiger partial charge in [-0.2, -0.15) is 5.10 Å².